The summed E-state index contributed by atoms with van der Waals surface area (Å²) in [5, 5.41) is 3.91. The van der Waals surface area contributed by atoms with E-state index < -0.39 is 34.1 Å². The minimum atomic E-state index is -3.78. The van der Waals surface area contributed by atoms with Gasteiger partial charge in [-0.05, 0) is 42.7 Å². The van der Waals surface area contributed by atoms with Crippen LogP contribution in [0.15, 0.2) is 79.4 Å². The summed E-state index contributed by atoms with van der Waals surface area (Å²) in [5.74, 6) is -0.227. The number of aromatic nitrogens is 4. The third-order valence-corrected chi connectivity index (χ3v) is 9.49. The number of amides is 1. The van der Waals surface area contributed by atoms with E-state index in [1.807, 2.05) is 30.3 Å². The van der Waals surface area contributed by atoms with E-state index in [0.717, 1.165) is 5.56 Å². The van der Waals surface area contributed by atoms with Crippen LogP contribution in [-0.4, -0.2) is 70.4 Å². The van der Waals surface area contributed by atoms with Crippen LogP contribution in [0, 0.1) is 12.7 Å². The molecule has 260 valence electrons. The van der Waals surface area contributed by atoms with Gasteiger partial charge in [-0.25, -0.2) is 41.9 Å². The number of rotatable bonds is 11. The quantitative estimate of drug-likeness (QED) is 0.153. The number of nitrogens with zero attached hydrogens (tertiary/aromatic N) is 5. The average molecular weight is 704 g/mol. The van der Waals surface area contributed by atoms with Gasteiger partial charge in [0.15, 0.2) is 0 Å². The van der Waals surface area contributed by atoms with Crippen molar-refractivity contribution < 1.29 is 31.5 Å². The van der Waals surface area contributed by atoms with Crippen molar-refractivity contribution in [3.63, 3.8) is 0 Å². The molecule has 1 saturated heterocycles. The maximum absolute atomic E-state index is 15.0. The molecule has 0 saturated carbocycles. The minimum Gasteiger partial charge on any atom is -0.445 e. The molecule has 3 aromatic carbocycles. The van der Waals surface area contributed by atoms with Crippen LogP contribution in [0.1, 0.15) is 30.9 Å². The molecule has 0 bridgehead atoms. The van der Waals surface area contributed by atoms with Gasteiger partial charge in [-0.1, -0.05) is 49.4 Å². The average Bonchev–Trinajstić information content (AvgIpc) is 3.10. The third kappa shape index (κ3) is 8.05. The van der Waals surface area contributed by atoms with Gasteiger partial charge in [-0.15, -0.1) is 0 Å². The lowest BCUT2D eigenvalue weighted by atomic mass is 10.0. The summed E-state index contributed by atoms with van der Waals surface area (Å²) in [5.41, 5.74) is 2.13. The zero-order chi connectivity index (χ0) is 35.3. The van der Waals surface area contributed by atoms with Crippen molar-refractivity contribution in [3.05, 3.63) is 96.3 Å². The summed E-state index contributed by atoms with van der Waals surface area (Å²) in [6, 6.07) is 16.4. The maximum atomic E-state index is 15.0. The monoisotopic (exact) mass is 703 g/mol. The Morgan fingerprint density at radius 2 is 1.84 bits per heavy atom. The molecule has 50 heavy (non-hydrogen) atoms. The van der Waals surface area contributed by atoms with Gasteiger partial charge in [-0.3, -0.25) is 4.72 Å². The second kappa shape index (κ2) is 15.0. The molecule has 2 aromatic heterocycles. The van der Waals surface area contributed by atoms with E-state index in [4.69, 9.17) is 9.47 Å². The van der Waals surface area contributed by atoms with E-state index >= 15 is 0 Å². The first kappa shape index (κ1) is 34.4. The predicted octanol–water partition coefficient (Wildman–Crippen LogP) is 6.64. The number of anilines is 2. The van der Waals surface area contributed by atoms with Crippen molar-refractivity contribution in [1.29, 1.82) is 0 Å². The highest BCUT2D eigenvalue weighted by molar-refractivity contribution is 7.92. The van der Waals surface area contributed by atoms with Crippen LogP contribution < -0.4 is 14.8 Å². The Bertz CT molecular complexity index is 2110. The Morgan fingerprint density at radius 3 is 2.64 bits per heavy atom. The van der Waals surface area contributed by atoms with E-state index in [0.29, 0.717) is 39.8 Å². The van der Waals surface area contributed by atoms with Crippen molar-refractivity contribution in [2.75, 3.05) is 28.9 Å². The van der Waals surface area contributed by atoms with Crippen LogP contribution >= 0.6 is 0 Å². The fourth-order valence-corrected chi connectivity index (χ4v) is 6.87. The number of alkyl halides is 1. The molecule has 6 rings (SSSR count). The Labute approximate surface area is 288 Å². The lowest BCUT2D eigenvalue weighted by molar-refractivity contribution is 0.0685. The van der Waals surface area contributed by atoms with Crippen LogP contribution in [0.3, 0.4) is 0 Å². The molecule has 0 radical (unpaired) electrons. The molecular formula is C35H35F2N7O5S. The fraction of sp³-hybridized carbons (Fsp3) is 0.286. The molecule has 2 atom stereocenters. The molecule has 0 aliphatic carbocycles. The summed E-state index contributed by atoms with van der Waals surface area (Å²) in [6.45, 7) is 3.70. The van der Waals surface area contributed by atoms with Crippen LogP contribution in [0.4, 0.5) is 25.2 Å². The molecule has 0 spiro atoms. The highest BCUT2D eigenvalue weighted by Gasteiger charge is 2.31. The fourth-order valence-electron chi connectivity index (χ4n) is 5.71. The SMILES string of the molecule is CCCS(=O)(=O)Nc1c(F)ccc2c(Oc3ncncc3-c3ccnc(N[C@H]4C[C@H](F)CN(C(=O)OCc5ccccc5)C4)n3)c(C)ccc12. The van der Waals surface area contributed by atoms with E-state index in [9.17, 15) is 22.0 Å². The van der Waals surface area contributed by atoms with Crippen LogP contribution in [0.5, 0.6) is 11.6 Å². The molecule has 2 N–H and O–H groups in total. The summed E-state index contributed by atoms with van der Waals surface area (Å²) < 4.78 is 69.0. The summed E-state index contributed by atoms with van der Waals surface area (Å²) in [4.78, 5) is 31.5. The van der Waals surface area contributed by atoms with Gasteiger partial charge in [0.25, 0.3) is 0 Å². The van der Waals surface area contributed by atoms with Crippen LogP contribution in [0.2, 0.25) is 0 Å². The van der Waals surface area contributed by atoms with Gasteiger partial charge in [0.05, 0.1) is 29.2 Å². The standard InChI is InChI=1S/C35H35F2N7O5S/c1-3-15-50(46,47)43-31-26-10-9-22(2)32(27(26)11-12-29(31)37)49-33-28(17-38-21-40-33)30-13-14-39-34(42-30)41-25-16-24(36)18-44(19-25)35(45)48-20-23-7-5-4-6-8-23/h4-14,17,21,24-25,43H,3,15-16,18-20H2,1-2H3,(H,39,41,42)/t24-,25-/m0/s1. The number of nitrogens with one attached hydrogen (secondary N) is 2. The molecule has 15 heteroatoms. The smallest absolute Gasteiger partial charge is 0.410 e. The Balaban J connectivity index is 1.22. The van der Waals surface area contributed by atoms with E-state index in [2.05, 4.69) is 30.0 Å². The second-order valence-electron chi connectivity index (χ2n) is 11.9. The van der Waals surface area contributed by atoms with Gasteiger partial charge in [0.2, 0.25) is 21.9 Å². The molecule has 12 nitrogen and oxygen atoms in total. The Morgan fingerprint density at radius 1 is 1.04 bits per heavy atom. The molecule has 3 heterocycles. The lowest BCUT2D eigenvalue weighted by Gasteiger charge is -2.34. The number of carbonyl (C=O) groups excluding carboxylic acids is 1. The van der Waals surface area contributed by atoms with Crippen molar-refractivity contribution in [3.8, 4) is 22.9 Å². The zero-order valence-corrected chi connectivity index (χ0v) is 28.2. The van der Waals surface area contributed by atoms with Crippen LogP contribution in [0.25, 0.3) is 22.0 Å². The molecule has 0 unspecified atom stereocenters. The normalized spacial score (nSPS) is 16.2. The number of benzene rings is 3. The molecular weight excluding hydrogens is 668 g/mol. The van der Waals surface area contributed by atoms with Gasteiger partial charge >= 0.3 is 6.09 Å². The summed E-state index contributed by atoms with van der Waals surface area (Å²) in [6.07, 6.45) is 2.94. The van der Waals surface area contributed by atoms with Crippen molar-refractivity contribution in [2.24, 2.45) is 0 Å². The van der Waals surface area contributed by atoms with Crippen LogP contribution in [-0.2, 0) is 21.4 Å². The maximum Gasteiger partial charge on any atom is 0.410 e. The number of piperidine rings is 1. The van der Waals surface area contributed by atoms with Gasteiger partial charge in [0.1, 0.15) is 30.7 Å². The summed E-state index contributed by atoms with van der Waals surface area (Å²) in [7, 11) is -3.78. The van der Waals surface area contributed by atoms with E-state index in [1.54, 1.807) is 32.0 Å². The third-order valence-electron chi connectivity index (χ3n) is 8.03. The predicted molar refractivity (Wildman–Crippen MR) is 185 cm³/mol. The number of hydrogen-bond donors (Lipinski definition) is 2. The second-order valence-corrected chi connectivity index (χ2v) is 13.7. The Hall–Kier alpha value is -5.44. The number of likely N-dealkylation sites (tertiary alicyclic amines) is 1. The topological polar surface area (TPSA) is 149 Å². The molecule has 5 aromatic rings. The number of fused-ring (bicyclic) bond motifs is 1. The minimum absolute atomic E-state index is 0.0774. The number of halogens is 2. The first-order valence-corrected chi connectivity index (χ1v) is 17.6. The van der Waals surface area contributed by atoms with Gasteiger partial charge in [0, 0.05) is 42.2 Å². The zero-order valence-electron chi connectivity index (χ0n) is 27.3. The molecule has 1 aliphatic rings. The lowest BCUT2D eigenvalue weighted by Crippen LogP contribution is -2.50. The number of aryl methyl sites for hydroxylation is 1. The van der Waals surface area contributed by atoms with Crippen molar-refractivity contribution in [2.45, 2.75) is 45.5 Å². The number of hydrogen-bond acceptors (Lipinski definition) is 10. The summed E-state index contributed by atoms with van der Waals surface area (Å²) >= 11 is 0. The number of sulfonamides is 1. The highest BCUT2D eigenvalue weighted by Crippen LogP contribution is 2.39. The molecule has 1 aliphatic heterocycles. The van der Waals surface area contributed by atoms with E-state index in [-0.39, 0.29) is 49.4 Å². The molecule has 1 amide bonds. The van der Waals surface area contributed by atoms with Gasteiger partial charge in [-0.2, -0.15) is 0 Å². The van der Waals surface area contributed by atoms with E-state index in [1.165, 1.54) is 35.8 Å². The van der Waals surface area contributed by atoms with Crippen molar-refractivity contribution in [1.82, 2.24) is 24.8 Å². The first-order chi connectivity index (χ1) is 24.1. The van der Waals surface area contributed by atoms with Gasteiger partial charge < -0.3 is 19.7 Å². The largest absolute Gasteiger partial charge is 0.445 e. The van der Waals surface area contributed by atoms with Crippen molar-refractivity contribution >= 4 is 38.5 Å². The first-order valence-electron chi connectivity index (χ1n) is 16.0. The molecule has 1 fully saturated rings. The number of ether oxygens (including phenoxy) is 2. The highest BCUT2D eigenvalue weighted by atomic mass is 32.2. The number of carbonyl (C=O) groups is 1. The Kier molecular flexibility index (Phi) is 10.3.